The molecule has 2 aromatic rings. The summed E-state index contributed by atoms with van der Waals surface area (Å²) in [6.07, 6.45) is 1.95. The van der Waals surface area contributed by atoms with Crippen molar-refractivity contribution < 1.29 is 4.74 Å². The highest BCUT2D eigenvalue weighted by atomic mass is 127. The Kier molecular flexibility index (Phi) is 8.82. The molecular weight excluding hydrogens is 471 g/mol. The number of guanidine groups is 1. The van der Waals surface area contributed by atoms with E-state index in [-0.39, 0.29) is 30.1 Å². The second kappa shape index (κ2) is 10.8. The standard InChI is InChI=1S/C20H28N4OS.HI/c1-4-21-20(22-10-9-16-13-26-19(24-16)14(2)3)23-12-17-11-15-7-5-6-8-18(15)25-17;/h5-8,13-14,17H,4,9-12H2,1-3H3,(H2,21,22,23);1H. The number of rotatable bonds is 7. The number of para-hydroxylation sites is 1. The summed E-state index contributed by atoms with van der Waals surface area (Å²) in [5, 5.41) is 10.1. The van der Waals surface area contributed by atoms with E-state index in [0.29, 0.717) is 12.5 Å². The maximum atomic E-state index is 5.96. The second-order valence-corrected chi connectivity index (χ2v) is 7.67. The van der Waals surface area contributed by atoms with Gasteiger partial charge in [-0.3, -0.25) is 0 Å². The molecule has 1 aliphatic heterocycles. The smallest absolute Gasteiger partial charge is 0.191 e. The second-order valence-electron chi connectivity index (χ2n) is 6.78. The van der Waals surface area contributed by atoms with Crippen molar-refractivity contribution in [2.24, 2.45) is 4.99 Å². The van der Waals surface area contributed by atoms with Crippen molar-refractivity contribution in [1.29, 1.82) is 0 Å². The minimum absolute atomic E-state index is 0. The van der Waals surface area contributed by atoms with Gasteiger partial charge in [0.15, 0.2) is 5.96 Å². The number of nitrogens with zero attached hydrogens (tertiary/aromatic N) is 2. The number of hydrogen-bond acceptors (Lipinski definition) is 4. The Labute approximate surface area is 183 Å². The van der Waals surface area contributed by atoms with Crippen LogP contribution in [0.5, 0.6) is 5.75 Å². The van der Waals surface area contributed by atoms with Gasteiger partial charge in [-0.15, -0.1) is 35.3 Å². The molecule has 0 radical (unpaired) electrons. The lowest BCUT2D eigenvalue weighted by Gasteiger charge is -2.13. The van der Waals surface area contributed by atoms with Crippen molar-refractivity contribution >= 4 is 41.3 Å². The van der Waals surface area contributed by atoms with Crippen LogP contribution in [0.1, 0.15) is 43.0 Å². The number of fused-ring (bicyclic) bond motifs is 1. The molecule has 0 amide bonds. The number of ether oxygens (including phenoxy) is 1. The van der Waals surface area contributed by atoms with Gasteiger partial charge in [0.25, 0.3) is 0 Å². The molecule has 0 fully saturated rings. The van der Waals surface area contributed by atoms with Crippen molar-refractivity contribution in [1.82, 2.24) is 15.6 Å². The first-order valence-electron chi connectivity index (χ1n) is 9.36. The molecule has 0 bridgehead atoms. The van der Waals surface area contributed by atoms with Gasteiger partial charge in [0.05, 0.1) is 17.2 Å². The predicted octanol–water partition coefficient (Wildman–Crippen LogP) is 3.99. The summed E-state index contributed by atoms with van der Waals surface area (Å²) < 4.78 is 5.96. The van der Waals surface area contributed by atoms with E-state index in [1.165, 1.54) is 10.6 Å². The lowest BCUT2D eigenvalue weighted by atomic mass is 10.1. The molecule has 0 spiro atoms. The monoisotopic (exact) mass is 500 g/mol. The van der Waals surface area contributed by atoms with Gasteiger partial charge in [-0.25, -0.2) is 9.98 Å². The third-order valence-electron chi connectivity index (χ3n) is 4.25. The average molecular weight is 500 g/mol. The third-order valence-corrected chi connectivity index (χ3v) is 5.44. The van der Waals surface area contributed by atoms with Gasteiger partial charge < -0.3 is 15.4 Å². The topological polar surface area (TPSA) is 58.5 Å². The highest BCUT2D eigenvalue weighted by Gasteiger charge is 2.21. The van der Waals surface area contributed by atoms with Crippen molar-refractivity contribution in [2.45, 2.75) is 45.6 Å². The summed E-state index contributed by atoms with van der Waals surface area (Å²) in [6.45, 7) is 8.75. The van der Waals surface area contributed by atoms with Crippen molar-refractivity contribution in [3.63, 3.8) is 0 Å². The van der Waals surface area contributed by atoms with Crippen LogP contribution in [0.2, 0.25) is 0 Å². The van der Waals surface area contributed by atoms with Crippen LogP contribution < -0.4 is 15.4 Å². The molecule has 3 rings (SSSR count). The molecule has 1 unspecified atom stereocenters. The molecule has 0 saturated heterocycles. The minimum Gasteiger partial charge on any atom is -0.488 e. The first-order chi connectivity index (χ1) is 12.7. The van der Waals surface area contributed by atoms with Gasteiger partial charge in [-0.1, -0.05) is 32.0 Å². The Hall–Kier alpha value is -1.35. The molecule has 0 saturated carbocycles. The van der Waals surface area contributed by atoms with Crippen molar-refractivity contribution in [3.8, 4) is 5.75 Å². The molecule has 1 aliphatic rings. The fraction of sp³-hybridized carbons (Fsp3) is 0.500. The Morgan fingerprint density at radius 3 is 2.85 bits per heavy atom. The number of halogens is 1. The predicted molar refractivity (Wildman–Crippen MR) is 124 cm³/mol. The molecule has 27 heavy (non-hydrogen) atoms. The molecule has 7 heteroatoms. The normalized spacial score (nSPS) is 15.9. The molecule has 1 aromatic heterocycles. The van der Waals surface area contributed by atoms with Gasteiger partial charge in [-0.05, 0) is 18.6 Å². The molecule has 5 nitrogen and oxygen atoms in total. The fourth-order valence-electron chi connectivity index (χ4n) is 2.90. The van der Waals surface area contributed by atoms with Gasteiger partial charge in [-0.2, -0.15) is 0 Å². The molecule has 1 atom stereocenters. The lowest BCUT2D eigenvalue weighted by Crippen LogP contribution is -2.39. The van der Waals surface area contributed by atoms with Gasteiger partial charge in [0.2, 0.25) is 0 Å². The summed E-state index contributed by atoms with van der Waals surface area (Å²) in [6, 6.07) is 8.23. The van der Waals surface area contributed by atoms with E-state index in [1.807, 2.05) is 12.1 Å². The van der Waals surface area contributed by atoms with E-state index in [1.54, 1.807) is 11.3 Å². The summed E-state index contributed by atoms with van der Waals surface area (Å²) in [7, 11) is 0. The number of nitrogens with one attached hydrogen (secondary N) is 2. The Bertz CT molecular complexity index is 722. The Balaban J connectivity index is 0.00000261. The van der Waals surface area contributed by atoms with E-state index >= 15 is 0 Å². The van der Waals surface area contributed by atoms with Gasteiger partial charge >= 0.3 is 0 Å². The Morgan fingerprint density at radius 2 is 2.15 bits per heavy atom. The quantitative estimate of drug-likeness (QED) is 0.343. The number of thiazole rings is 1. The Morgan fingerprint density at radius 1 is 1.33 bits per heavy atom. The molecule has 0 aliphatic carbocycles. The maximum Gasteiger partial charge on any atom is 0.191 e. The minimum atomic E-state index is 0. The molecule has 148 valence electrons. The van der Waals surface area contributed by atoms with Crippen LogP contribution in [0, 0.1) is 0 Å². The van der Waals surface area contributed by atoms with E-state index in [0.717, 1.165) is 43.3 Å². The zero-order chi connectivity index (χ0) is 18.4. The first-order valence-corrected chi connectivity index (χ1v) is 10.2. The van der Waals surface area contributed by atoms with Gasteiger partial charge in [0, 0.05) is 37.2 Å². The van der Waals surface area contributed by atoms with Gasteiger partial charge in [0.1, 0.15) is 11.9 Å². The van der Waals surface area contributed by atoms with Crippen LogP contribution in [0.4, 0.5) is 0 Å². The summed E-state index contributed by atoms with van der Waals surface area (Å²) in [5.41, 5.74) is 2.42. The summed E-state index contributed by atoms with van der Waals surface area (Å²) in [4.78, 5) is 9.38. The summed E-state index contributed by atoms with van der Waals surface area (Å²) >= 11 is 1.75. The number of aromatic nitrogens is 1. The van der Waals surface area contributed by atoms with Crippen LogP contribution in [-0.4, -0.2) is 36.7 Å². The molecule has 1 aromatic carbocycles. The molecule has 2 N–H and O–H groups in total. The number of hydrogen-bond donors (Lipinski definition) is 2. The maximum absolute atomic E-state index is 5.96. The van der Waals surface area contributed by atoms with Crippen LogP contribution in [0.15, 0.2) is 34.6 Å². The van der Waals surface area contributed by atoms with E-state index < -0.39 is 0 Å². The average Bonchev–Trinajstić information content (AvgIpc) is 3.26. The highest BCUT2D eigenvalue weighted by molar-refractivity contribution is 14.0. The zero-order valence-corrected chi connectivity index (χ0v) is 19.3. The summed E-state index contributed by atoms with van der Waals surface area (Å²) in [5.74, 6) is 2.33. The third kappa shape index (κ3) is 6.34. The fourth-order valence-corrected chi connectivity index (χ4v) is 3.77. The highest BCUT2D eigenvalue weighted by Crippen LogP contribution is 2.28. The van der Waals surface area contributed by atoms with Crippen LogP contribution in [-0.2, 0) is 12.8 Å². The molecule has 2 heterocycles. The SMILES string of the molecule is CCNC(=NCC1Cc2ccccc2O1)NCCc1csc(C(C)C)n1.I. The molecular formula is C20H29IN4OS. The van der Waals surface area contributed by atoms with Crippen LogP contribution >= 0.6 is 35.3 Å². The largest absolute Gasteiger partial charge is 0.488 e. The van der Waals surface area contributed by atoms with Crippen LogP contribution in [0.3, 0.4) is 0 Å². The van der Waals surface area contributed by atoms with E-state index in [2.05, 4.69) is 53.9 Å². The van der Waals surface area contributed by atoms with Crippen LogP contribution in [0.25, 0.3) is 0 Å². The first kappa shape index (κ1) is 21.9. The van der Waals surface area contributed by atoms with Crippen molar-refractivity contribution in [3.05, 3.63) is 45.9 Å². The van der Waals surface area contributed by atoms with Crippen molar-refractivity contribution in [2.75, 3.05) is 19.6 Å². The number of aliphatic imine (C=N–C) groups is 1. The van der Waals surface area contributed by atoms with E-state index in [4.69, 9.17) is 9.73 Å². The lowest BCUT2D eigenvalue weighted by molar-refractivity contribution is 0.241. The zero-order valence-electron chi connectivity index (χ0n) is 16.2. The number of benzene rings is 1. The van der Waals surface area contributed by atoms with E-state index in [9.17, 15) is 0 Å².